The number of carboxylic acid groups (broad SMARTS) is 1. The van der Waals surface area contributed by atoms with E-state index in [1.807, 2.05) is 32.1 Å². The van der Waals surface area contributed by atoms with Crippen molar-refractivity contribution in [2.75, 3.05) is 19.6 Å². The maximum absolute atomic E-state index is 12.9. The van der Waals surface area contributed by atoms with Gasteiger partial charge in [-0.1, -0.05) is 61.5 Å². The molecule has 0 saturated carbocycles. The minimum Gasteiger partial charge on any atom is -0.481 e. The van der Waals surface area contributed by atoms with Gasteiger partial charge in [0.2, 0.25) is 0 Å². The third-order valence-electron chi connectivity index (χ3n) is 6.99. The summed E-state index contributed by atoms with van der Waals surface area (Å²) in [6.07, 6.45) is 6.20. The summed E-state index contributed by atoms with van der Waals surface area (Å²) in [6, 6.07) is 15.4. The number of alkyl halides is 3. The van der Waals surface area contributed by atoms with E-state index in [4.69, 9.17) is 5.11 Å². The van der Waals surface area contributed by atoms with Crippen molar-refractivity contribution < 1.29 is 23.1 Å². The zero-order valence-electron chi connectivity index (χ0n) is 23.1. The number of carbonyl (C=O) groups is 1. The Morgan fingerprint density at radius 3 is 2.45 bits per heavy atom. The molecule has 40 heavy (non-hydrogen) atoms. The van der Waals surface area contributed by atoms with Crippen LogP contribution in [0.1, 0.15) is 68.6 Å². The van der Waals surface area contributed by atoms with Crippen molar-refractivity contribution in [2.24, 2.45) is 15.9 Å². The molecule has 0 spiro atoms. The number of aliphatic imine (C=N–C) groups is 2. The highest BCUT2D eigenvalue weighted by atomic mass is 19.4. The molecule has 1 N–H and O–H groups in total. The van der Waals surface area contributed by atoms with Crippen LogP contribution in [-0.4, -0.2) is 48.0 Å². The van der Waals surface area contributed by atoms with Gasteiger partial charge in [0.05, 0.1) is 17.0 Å². The SMILES string of the molecule is C/C=C(/N=C/c1ccc(C(F)(F)F)cc1)C(=C/CCN1CC[C@H](c2ccccc2)C1)\N=C\CCC(C)CC(=O)O. The highest BCUT2D eigenvalue weighted by Gasteiger charge is 2.29. The molecule has 3 rings (SSSR count). The molecular weight excluding hydrogens is 515 g/mol. The quantitative estimate of drug-likeness (QED) is 0.204. The van der Waals surface area contributed by atoms with Gasteiger partial charge in [0, 0.05) is 31.9 Å². The van der Waals surface area contributed by atoms with Crippen molar-refractivity contribution in [1.82, 2.24) is 4.90 Å². The molecule has 2 aromatic carbocycles. The number of hydrogen-bond donors (Lipinski definition) is 1. The lowest BCUT2D eigenvalue weighted by molar-refractivity contribution is -0.138. The normalized spacial score (nSPS) is 18.2. The first-order valence-corrected chi connectivity index (χ1v) is 13.8. The Labute approximate surface area is 234 Å². The fourth-order valence-electron chi connectivity index (χ4n) is 4.75. The van der Waals surface area contributed by atoms with E-state index in [1.165, 1.54) is 17.7 Å². The monoisotopic (exact) mass is 553 g/mol. The van der Waals surface area contributed by atoms with Gasteiger partial charge in [-0.2, -0.15) is 13.2 Å². The summed E-state index contributed by atoms with van der Waals surface area (Å²) in [6.45, 7) is 6.69. The van der Waals surface area contributed by atoms with Crippen molar-refractivity contribution >= 4 is 18.4 Å². The Morgan fingerprint density at radius 2 is 1.80 bits per heavy atom. The predicted molar refractivity (Wildman–Crippen MR) is 155 cm³/mol. The lowest BCUT2D eigenvalue weighted by Gasteiger charge is -2.15. The molecule has 0 aromatic heterocycles. The number of allylic oxidation sites excluding steroid dienone is 1. The number of halogens is 3. The number of carboxylic acids is 1. The molecule has 1 unspecified atom stereocenters. The van der Waals surface area contributed by atoms with Gasteiger partial charge >= 0.3 is 12.1 Å². The van der Waals surface area contributed by atoms with Gasteiger partial charge in [0.25, 0.3) is 0 Å². The average molecular weight is 554 g/mol. The van der Waals surface area contributed by atoms with Gasteiger partial charge in [0.1, 0.15) is 0 Å². The molecular formula is C32H38F3N3O2. The molecule has 1 saturated heterocycles. The maximum atomic E-state index is 12.9. The van der Waals surface area contributed by atoms with E-state index < -0.39 is 17.7 Å². The fourth-order valence-corrected chi connectivity index (χ4v) is 4.75. The van der Waals surface area contributed by atoms with E-state index in [2.05, 4.69) is 39.2 Å². The van der Waals surface area contributed by atoms with Gasteiger partial charge in [-0.15, -0.1) is 0 Å². The summed E-state index contributed by atoms with van der Waals surface area (Å²) in [4.78, 5) is 22.6. The van der Waals surface area contributed by atoms with E-state index in [1.54, 1.807) is 12.4 Å². The van der Waals surface area contributed by atoms with E-state index in [0.29, 0.717) is 35.7 Å². The van der Waals surface area contributed by atoms with Gasteiger partial charge in [-0.05, 0) is 74.2 Å². The first-order chi connectivity index (χ1) is 19.2. The first kappa shape index (κ1) is 31.0. The molecule has 0 radical (unpaired) electrons. The Balaban J connectivity index is 1.67. The minimum absolute atomic E-state index is 0.0444. The highest BCUT2D eigenvalue weighted by Crippen LogP contribution is 2.29. The van der Waals surface area contributed by atoms with Crippen LogP contribution in [0, 0.1) is 5.92 Å². The number of likely N-dealkylation sites (tertiary alicyclic amines) is 1. The molecule has 1 heterocycles. The van der Waals surface area contributed by atoms with Crippen LogP contribution in [0.15, 0.2) is 88.1 Å². The van der Waals surface area contributed by atoms with Gasteiger partial charge in [-0.25, -0.2) is 0 Å². The molecule has 0 bridgehead atoms. The van der Waals surface area contributed by atoms with Gasteiger partial charge in [-0.3, -0.25) is 14.8 Å². The molecule has 1 aliphatic rings. The highest BCUT2D eigenvalue weighted by molar-refractivity contribution is 5.81. The van der Waals surface area contributed by atoms with Gasteiger partial charge in [0.15, 0.2) is 0 Å². The first-order valence-electron chi connectivity index (χ1n) is 13.8. The van der Waals surface area contributed by atoms with Crippen LogP contribution in [0.3, 0.4) is 0 Å². The second-order valence-corrected chi connectivity index (χ2v) is 10.2. The van der Waals surface area contributed by atoms with Crippen LogP contribution >= 0.6 is 0 Å². The van der Waals surface area contributed by atoms with Crippen molar-refractivity contribution in [3.05, 3.63) is 94.8 Å². The van der Waals surface area contributed by atoms with Crippen molar-refractivity contribution in [1.29, 1.82) is 0 Å². The summed E-state index contributed by atoms with van der Waals surface area (Å²) in [5, 5.41) is 8.98. The molecule has 8 heteroatoms. The molecule has 214 valence electrons. The standard InChI is InChI=1S/C32H38F3N3O2/c1-3-29(37-22-25-13-15-28(16-14-25)32(33,34)35)30(36-18-7-9-24(2)21-31(39)40)12-8-19-38-20-17-27(23-38)26-10-5-4-6-11-26/h3-6,10-16,18,22,24,27H,7-9,17,19-21,23H2,1-2H3,(H,39,40)/b29-3+,30-12+,36-18+,37-22+/t24?,27-/m0/s1. The van der Waals surface area contributed by atoms with E-state index in [9.17, 15) is 18.0 Å². The van der Waals surface area contributed by atoms with Crippen LogP contribution < -0.4 is 0 Å². The number of rotatable bonds is 13. The van der Waals surface area contributed by atoms with Crippen molar-refractivity contribution in [3.8, 4) is 0 Å². The Bertz CT molecular complexity index is 1200. The second-order valence-electron chi connectivity index (χ2n) is 10.2. The zero-order chi connectivity index (χ0) is 29.0. The third-order valence-corrected chi connectivity index (χ3v) is 6.99. The topological polar surface area (TPSA) is 65.3 Å². The van der Waals surface area contributed by atoms with E-state index in [0.717, 1.165) is 44.6 Å². The largest absolute Gasteiger partial charge is 0.481 e. The van der Waals surface area contributed by atoms with Crippen LogP contribution in [0.2, 0.25) is 0 Å². The fraction of sp³-hybridized carbons (Fsp3) is 0.406. The molecule has 0 aliphatic carbocycles. The Hall–Kier alpha value is -3.52. The smallest absolute Gasteiger partial charge is 0.416 e. The summed E-state index contributed by atoms with van der Waals surface area (Å²) in [7, 11) is 0. The summed E-state index contributed by atoms with van der Waals surface area (Å²) < 4.78 is 38.7. The number of nitrogens with zero attached hydrogens (tertiary/aromatic N) is 3. The number of hydrogen-bond acceptors (Lipinski definition) is 4. The summed E-state index contributed by atoms with van der Waals surface area (Å²) >= 11 is 0. The molecule has 2 atom stereocenters. The summed E-state index contributed by atoms with van der Waals surface area (Å²) in [5.74, 6) is -0.229. The lowest BCUT2D eigenvalue weighted by atomic mass is 9.99. The average Bonchev–Trinajstić information content (AvgIpc) is 3.40. The molecule has 0 amide bonds. The number of benzene rings is 2. The van der Waals surface area contributed by atoms with E-state index in [-0.39, 0.29) is 12.3 Å². The van der Waals surface area contributed by atoms with Crippen LogP contribution in [0.4, 0.5) is 13.2 Å². The van der Waals surface area contributed by atoms with E-state index >= 15 is 0 Å². The van der Waals surface area contributed by atoms with Crippen LogP contribution in [-0.2, 0) is 11.0 Å². The predicted octanol–water partition coefficient (Wildman–Crippen LogP) is 7.75. The zero-order valence-corrected chi connectivity index (χ0v) is 23.1. The Morgan fingerprint density at radius 1 is 1.07 bits per heavy atom. The molecule has 2 aromatic rings. The third kappa shape index (κ3) is 10.2. The summed E-state index contributed by atoms with van der Waals surface area (Å²) in [5.41, 5.74) is 2.54. The Kier molecular flexibility index (Phi) is 11.9. The van der Waals surface area contributed by atoms with Crippen molar-refractivity contribution in [2.45, 2.75) is 58.0 Å². The van der Waals surface area contributed by atoms with Crippen LogP contribution in [0.5, 0.6) is 0 Å². The molecule has 1 aliphatic heterocycles. The number of aliphatic carboxylic acids is 1. The lowest BCUT2D eigenvalue weighted by Crippen LogP contribution is -2.21. The van der Waals surface area contributed by atoms with Gasteiger partial charge < -0.3 is 10.0 Å². The second kappa shape index (κ2) is 15.3. The molecule has 5 nitrogen and oxygen atoms in total. The van der Waals surface area contributed by atoms with Crippen LogP contribution in [0.25, 0.3) is 0 Å². The van der Waals surface area contributed by atoms with Crippen molar-refractivity contribution in [3.63, 3.8) is 0 Å². The minimum atomic E-state index is -4.38. The molecule has 1 fully saturated rings. The maximum Gasteiger partial charge on any atom is 0.416 e.